The number of carbonyl (C=O) groups excluding carboxylic acids is 2. The van der Waals surface area contributed by atoms with Crippen molar-refractivity contribution in [3.8, 4) is 0 Å². The van der Waals surface area contributed by atoms with E-state index in [4.69, 9.17) is 10.5 Å². The quantitative estimate of drug-likeness (QED) is 0.445. The summed E-state index contributed by atoms with van der Waals surface area (Å²) >= 11 is 0. The molecule has 0 fully saturated rings. The fourth-order valence-electron chi connectivity index (χ4n) is 1.86. The predicted octanol–water partition coefficient (Wildman–Crippen LogP) is 2.27. The number of rotatable bonds is 7. The Labute approximate surface area is 134 Å². The zero-order valence-corrected chi connectivity index (χ0v) is 14.7. The zero-order chi connectivity index (χ0) is 17.5. The van der Waals surface area contributed by atoms with Gasteiger partial charge in [-0.3, -0.25) is 4.79 Å². The van der Waals surface area contributed by atoms with Gasteiger partial charge in [0.15, 0.2) is 0 Å². The van der Waals surface area contributed by atoms with Crippen molar-refractivity contribution in [3.05, 3.63) is 24.3 Å². The van der Waals surface area contributed by atoms with Gasteiger partial charge in [0.25, 0.3) is 0 Å². The highest BCUT2D eigenvalue weighted by Gasteiger charge is 2.31. The second-order valence-electron chi connectivity index (χ2n) is 6.45. The lowest BCUT2D eigenvalue weighted by Crippen LogP contribution is -2.51. The average Bonchev–Trinajstić information content (AvgIpc) is 2.43. The van der Waals surface area contributed by atoms with Crippen molar-refractivity contribution in [1.29, 1.82) is 0 Å². The molecule has 126 valence electrons. The van der Waals surface area contributed by atoms with E-state index in [0.717, 1.165) is 0 Å². The Morgan fingerprint density at radius 2 is 1.91 bits per heavy atom. The molecule has 2 atom stereocenters. The highest BCUT2D eigenvalue weighted by atomic mass is 16.5. The number of likely N-dealkylation sites (N-methyl/N-ethyl adjacent to an activating group) is 1. The van der Waals surface area contributed by atoms with Crippen LogP contribution < -0.4 is 5.73 Å². The van der Waals surface area contributed by atoms with E-state index >= 15 is 0 Å². The first kappa shape index (κ1) is 20.4. The summed E-state index contributed by atoms with van der Waals surface area (Å²) in [7, 11) is 1.69. The molecule has 0 heterocycles. The van der Waals surface area contributed by atoms with Crippen LogP contribution in [0.1, 0.15) is 41.0 Å². The second kappa shape index (κ2) is 8.73. The number of amides is 1. The van der Waals surface area contributed by atoms with Gasteiger partial charge < -0.3 is 15.4 Å². The van der Waals surface area contributed by atoms with Crippen LogP contribution >= 0.6 is 0 Å². The molecule has 2 N–H and O–H groups in total. The largest absolute Gasteiger partial charge is 0.463 e. The van der Waals surface area contributed by atoms with Crippen molar-refractivity contribution >= 4 is 11.9 Å². The average molecular weight is 310 g/mol. The normalized spacial score (nSPS) is 15.0. The topological polar surface area (TPSA) is 72.6 Å². The van der Waals surface area contributed by atoms with Crippen molar-refractivity contribution in [2.24, 2.45) is 11.1 Å². The van der Waals surface area contributed by atoms with E-state index in [0.29, 0.717) is 18.6 Å². The number of hydrogen-bond acceptors (Lipinski definition) is 4. The Morgan fingerprint density at radius 1 is 1.36 bits per heavy atom. The third-order valence-corrected chi connectivity index (χ3v) is 3.49. The van der Waals surface area contributed by atoms with E-state index in [-0.39, 0.29) is 23.3 Å². The van der Waals surface area contributed by atoms with E-state index in [1.54, 1.807) is 37.9 Å². The summed E-state index contributed by atoms with van der Waals surface area (Å²) in [6.07, 6.45) is 3.98. The van der Waals surface area contributed by atoms with Crippen molar-refractivity contribution in [2.75, 3.05) is 13.7 Å². The van der Waals surface area contributed by atoms with Gasteiger partial charge in [0, 0.05) is 12.6 Å². The Morgan fingerprint density at radius 3 is 2.32 bits per heavy atom. The predicted molar refractivity (Wildman–Crippen MR) is 89.2 cm³/mol. The van der Waals surface area contributed by atoms with Crippen LogP contribution in [0.25, 0.3) is 0 Å². The van der Waals surface area contributed by atoms with Gasteiger partial charge in [-0.1, -0.05) is 32.9 Å². The van der Waals surface area contributed by atoms with Gasteiger partial charge in [0.05, 0.1) is 18.7 Å². The van der Waals surface area contributed by atoms with E-state index in [1.165, 1.54) is 0 Å². The highest BCUT2D eigenvalue weighted by molar-refractivity contribution is 5.88. The smallest absolute Gasteiger partial charge is 0.333 e. The van der Waals surface area contributed by atoms with Crippen LogP contribution in [0, 0.1) is 5.41 Å². The number of esters is 1. The molecule has 0 saturated carbocycles. The molecule has 0 aliphatic carbocycles. The molecule has 1 amide bonds. The van der Waals surface area contributed by atoms with Crippen LogP contribution in [-0.2, 0) is 14.3 Å². The SMILES string of the molecule is C=CCC(C=C(C)C(=O)OCC)N(C)C(=O)[C@@H](N)C(C)(C)C. The minimum Gasteiger partial charge on any atom is -0.463 e. The van der Waals surface area contributed by atoms with Gasteiger partial charge in [-0.25, -0.2) is 4.79 Å². The van der Waals surface area contributed by atoms with Crippen LogP contribution in [0.2, 0.25) is 0 Å². The number of nitrogens with two attached hydrogens (primary N) is 1. The first-order valence-electron chi connectivity index (χ1n) is 7.54. The van der Waals surface area contributed by atoms with Gasteiger partial charge in [0.1, 0.15) is 0 Å². The van der Waals surface area contributed by atoms with Crippen LogP contribution in [0.5, 0.6) is 0 Å². The maximum atomic E-state index is 12.5. The standard InChI is InChI=1S/C17H30N2O3/c1-8-10-13(11-12(3)16(21)22-9-2)19(7)15(20)14(18)17(4,5)6/h8,11,13-14H,1,9-10,18H2,2-7H3/t13?,14-/m1/s1. The van der Waals surface area contributed by atoms with Crippen molar-refractivity contribution in [2.45, 2.75) is 53.1 Å². The van der Waals surface area contributed by atoms with E-state index in [2.05, 4.69) is 6.58 Å². The van der Waals surface area contributed by atoms with Gasteiger partial charge in [-0.2, -0.15) is 0 Å². The fourth-order valence-corrected chi connectivity index (χ4v) is 1.86. The Bertz CT molecular complexity index is 436. The van der Waals surface area contributed by atoms with Gasteiger partial charge in [-0.05, 0) is 25.7 Å². The first-order chi connectivity index (χ1) is 10.1. The van der Waals surface area contributed by atoms with Crippen molar-refractivity contribution in [1.82, 2.24) is 4.90 Å². The molecule has 0 spiro atoms. The molecule has 0 aliphatic rings. The summed E-state index contributed by atoms with van der Waals surface area (Å²) in [6.45, 7) is 13.2. The lowest BCUT2D eigenvalue weighted by atomic mass is 9.86. The number of carbonyl (C=O) groups is 2. The third-order valence-electron chi connectivity index (χ3n) is 3.49. The molecule has 0 radical (unpaired) electrons. The molecular formula is C17H30N2O3. The number of ether oxygens (including phenoxy) is 1. The van der Waals surface area contributed by atoms with Crippen LogP contribution in [0.3, 0.4) is 0 Å². The number of hydrogen-bond donors (Lipinski definition) is 1. The molecule has 0 saturated heterocycles. The number of nitrogens with zero attached hydrogens (tertiary/aromatic N) is 1. The maximum absolute atomic E-state index is 12.5. The molecular weight excluding hydrogens is 280 g/mol. The summed E-state index contributed by atoms with van der Waals surface area (Å²) in [5, 5.41) is 0. The molecule has 5 heteroatoms. The van der Waals surface area contributed by atoms with E-state index < -0.39 is 6.04 Å². The minimum absolute atomic E-state index is 0.160. The molecule has 0 rings (SSSR count). The maximum Gasteiger partial charge on any atom is 0.333 e. The molecule has 0 aliphatic heterocycles. The molecule has 0 aromatic rings. The third kappa shape index (κ3) is 6.02. The fraction of sp³-hybridized carbons (Fsp3) is 0.647. The Kier molecular flexibility index (Phi) is 8.09. The van der Waals surface area contributed by atoms with Gasteiger partial charge >= 0.3 is 5.97 Å². The lowest BCUT2D eigenvalue weighted by Gasteiger charge is -2.33. The molecule has 0 aromatic heterocycles. The molecule has 1 unspecified atom stereocenters. The summed E-state index contributed by atoms with van der Waals surface area (Å²) in [5.74, 6) is -0.537. The summed E-state index contributed by atoms with van der Waals surface area (Å²) < 4.78 is 4.96. The van der Waals surface area contributed by atoms with Crippen LogP contribution in [-0.4, -0.2) is 42.5 Å². The molecule has 0 bridgehead atoms. The molecule has 22 heavy (non-hydrogen) atoms. The lowest BCUT2D eigenvalue weighted by molar-refractivity contribution is -0.139. The summed E-state index contributed by atoms with van der Waals surface area (Å²) in [5.41, 5.74) is 6.18. The van der Waals surface area contributed by atoms with Gasteiger partial charge in [0.2, 0.25) is 5.91 Å². The first-order valence-corrected chi connectivity index (χ1v) is 7.54. The summed E-state index contributed by atoms with van der Waals surface area (Å²) in [6, 6.07) is -0.885. The van der Waals surface area contributed by atoms with E-state index in [9.17, 15) is 9.59 Å². The zero-order valence-electron chi connectivity index (χ0n) is 14.7. The molecule has 0 aromatic carbocycles. The highest BCUT2D eigenvalue weighted by Crippen LogP contribution is 2.20. The van der Waals surface area contributed by atoms with E-state index in [1.807, 2.05) is 20.8 Å². The van der Waals surface area contributed by atoms with Crippen molar-refractivity contribution in [3.63, 3.8) is 0 Å². The summed E-state index contributed by atoms with van der Waals surface area (Å²) in [4.78, 5) is 25.8. The van der Waals surface area contributed by atoms with Gasteiger partial charge in [-0.15, -0.1) is 6.58 Å². The Hall–Kier alpha value is -1.62. The van der Waals surface area contributed by atoms with Crippen LogP contribution in [0.4, 0.5) is 0 Å². The second-order valence-corrected chi connectivity index (χ2v) is 6.45. The van der Waals surface area contributed by atoms with Crippen molar-refractivity contribution < 1.29 is 14.3 Å². The molecule has 5 nitrogen and oxygen atoms in total. The monoisotopic (exact) mass is 310 g/mol. The van der Waals surface area contributed by atoms with Crippen LogP contribution in [0.15, 0.2) is 24.3 Å². The minimum atomic E-state index is -0.610. The Balaban J connectivity index is 5.24.